The molecule has 452 valence electrons. The Balaban J connectivity index is 2.68. The van der Waals surface area contributed by atoms with E-state index in [-0.39, 0.29) is 25.9 Å². The third-order valence-electron chi connectivity index (χ3n) is 13.9. The Kier molecular flexibility index (Phi) is 50.3. The van der Waals surface area contributed by atoms with Crippen molar-refractivity contribution in [2.75, 3.05) is 13.2 Å². The van der Waals surface area contributed by atoms with E-state index in [1.54, 1.807) is 0 Å². The molecule has 0 bridgehead atoms. The number of hydrogen-bond acceptors (Lipinski definition) is 11. The Morgan fingerprint density at radius 1 is 0.430 bits per heavy atom. The van der Waals surface area contributed by atoms with Crippen molar-refractivity contribution in [3.63, 3.8) is 0 Å². The van der Waals surface area contributed by atoms with Gasteiger partial charge in [0, 0.05) is 19.3 Å². The highest BCUT2D eigenvalue weighted by Gasteiger charge is 2.50. The summed E-state index contributed by atoms with van der Waals surface area (Å²) in [4.78, 5) is 51.2. The van der Waals surface area contributed by atoms with Crippen LogP contribution in [0.4, 0.5) is 0 Å². The Bertz CT molecular complexity index is 1700. The maximum Gasteiger partial charge on any atom is 0.335 e. The maximum absolute atomic E-state index is 13.1. The molecule has 0 aromatic rings. The lowest BCUT2D eigenvalue weighted by atomic mass is 9.98. The fraction of sp³-hybridized carbons (Fsp3) is 0.731. The highest BCUT2D eigenvalue weighted by Crippen LogP contribution is 2.26. The Labute approximate surface area is 480 Å². The Hall–Kier alpha value is -4.10. The van der Waals surface area contributed by atoms with Crippen molar-refractivity contribution in [1.82, 2.24) is 0 Å². The second-order valence-corrected chi connectivity index (χ2v) is 21.3. The molecule has 12 nitrogen and oxygen atoms in total. The monoisotopic (exact) mass is 1110 g/mol. The van der Waals surface area contributed by atoms with E-state index in [1.807, 2.05) is 6.08 Å². The van der Waals surface area contributed by atoms with Gasteiger partial charge in [-0.25, -0.2) is 4.79 Å². The number of ether oxygens (including phenoxy) is 5. The molecular weight excluding hydrogens is 997 g/mol. The van der Waals surface area contributed by atoms with Gasteiger partial charge in [0.1, 0.15) is 18.8 Å². The minimum atomic E-state index is -1.91. The average Bonchev–Trinajstić information content (AvgIpc) is 3.47. The molecule has 1 saturated heterocycles. The van der Waals surface area contributed by atoms with Crippen LogP contribution in [-0.2, 0) is 42.9 Å². The lowest BCUT2D eigenvalue weighted by Gasteiger charge is -2.40. The Morgan fingerprint density at radius 2 is 0.835 bits per heavy atom. The molecule has 3 N–H and O–H groups in total. The topological polar surface area (TPSA) is 175 Å². The van der Waals surface area contributed by atoms with E-state index in [0.29, 0.717) is 25.7 Å². The fourth-order valence-corrected chi connectivity index (χ4v) is 9.15. The molecule has 1 aliphatic heterocycles. The van der Waals surface area contributed by atoms with Crippen molar-refractivity contribution in [3.8, 4) is 0 Å². The summed E-state index contributed by atoms with van der Waals surface area (Å²) in [6, 6.07) is 0. The smallest absolute Gasteiger partial charge is 0.335 e. The third kappa shape index (κ3) is 44.3. The zero-order chi connectivity index (χ0) is 57.5. The number of carbonyl (C=O) groups is 4. The SMILES string of the molecule is CC/C=C\C/C=C\C/C=C\C/C=C\C/C=C\CCCC(=O)OCC(COC1OC(C(=O)O)C(O)C(O)C1OC(=O)CCCCCCCCCCCCCCCCCCCCC)OC(=O)CCCCCCC/C=C\C/C=C\CCC. The molecule has 0 aromatic carbocycles. The van der Waals surface area contributed by atoms with Crippen LogP contribution in [-0.4, -0.2) is 89.2 Å². The number of esters is 3. The number of hydrogen-bond donors (Lipinski definition) is 3. The number of carboxylic acids is 1. The predicted molar refractivity (Wildman–Crippen MR) is 321 cm³/mol. The summed E-state index contributed by atoms with van der Waals surface area (Å²) in [5.74, 6) is -3.21. The van der Waals surface area contributed by atoms with Crippen molar-refractivity contribution in [2.24, 2.45) is 0 Å². The molecule has 1 aliphatic rings. The van der Waals surface area contributed by atoms with E-state index in [0.717, 1.165) is 109 Å². The van der Waals surface area contributed by atoms with Crippen LogP contribution in [0.1, 0.15) is 265 Å². The van der Waals surface area contributed by atoms with Gasteiger partial charge < -0.3 is 39.0 Å². The lowest BCUT2D eigenvalue weighted by Crippen LogP contribution is -2.61. The summed E-state index contributed by atoms with van der Waals surface area (Å²) in [6.07, 6.45) is 58.4. The van der Waals surface area contributed by atoms with Crippen LogP contribution >= 0.6 is 0 Å². The number of allylic oxidation sites excluding steroid dienone is 14. The highest BCUT2D eigenvalue weighted by molar-refractivity contribution is 5.74. The average molecular weight is 1110 g/mol. The molecule has 79 heavy (non-hydrogen) atoms. The van der Waals surface area contributed by atoms with Gasteiger partial charge in [-0.2, -0.15) is 0 Å². The number of carbonyl (C=O) groups excluding carboxylic acids is 3. The predicted octanol–water partition coefficient (Wildman–Crippen LogP) is 16.7. The summed E-state index contributed by atoms with van der Waals surface area (Å²) < 4.78 is 28.4. The summed E-state index contributed by atoms with van der Waals surface area (Å²) in [5.41, 5.74) is 0. The highest BCUT2D eigenvalue weighted by atomic mass is 16.7. The quantitative estimate of drug-likeness (QED) is 0.0228. The van der Waals surface area contributed by atoms with Crippen molar-refractivity contribution in [1.29, 1.82) is 0 Å². The van der Waals surface area contributed by atoms with Crippen LogP contribution in [0.2, 0.25) is 0 Å². The first kappa shape index (κ1) is 72.9. The second kappa shape index (κ2) is 54.5. The first-order valence-electron chi connectivity index (χ1n) is 31.6. The first-order chi connectivity index (χ1) is 38.6. The lowest BCUT2D eigenvalue weighted by molar-refractivity contribution is -0.301. The van der Waals surface area contributed by atoms with Crippen molar-refractivity contribution in [2.45, 2.75) is 302 Å². The molecule has 6 atom stereocenters. The van der Waals surface area contributed by atoms with Crippen molar-refractivity contribution in [3.05, 3.63) is 85.1 Å². The molecule has 0 aliphatic carbocycles. The van der Waals surface area contributed by atoms with Gasteiger partial charge in [0.15, 0.2) is 24.6 Å². The van der Waals surface area contributed by atoms with Gasteiger partial charge in [-0.05, 0) is 83.5 Å². The molecule has 1 rings (SSSR count). The summed E-state index contributed by atoms with van der Waals surface area (Å²) >= 11 is 0. The molecule has 1 fully saturated rings. The van der Waals surface area contributed by atoms with E-state index in [1.165, 1.54) is 89.9 Å². The fourth-order valence-electron chi connectivity index (χ4n) is 9.15. The molecule has 1 heterocycles. The second-order valence-electron chi connectivity index (χ2n) is 21.3. The zero-order valence-corrected chi connectivity index (χ0v) is 49.8. The molecule has 0 aromatic heterocycles. The summed E-state index contributed by atoms with van der Waals surface area (Å²) in [5, 5.41) is 31.6. The first-order valence-corrected chi connectivity index (χ1v) is 31.6. The van der Waals surface area contributed by atoms with Crippen molar-refractivity contribution >= 4 is 23.9 Å². The maximum atomic E-state index is 13.1. The molecule has 6 unspecified atom stereocenters. The molecule has 12 heteroatoms. The van der Waals surface area contributed by atoms with Crippen LogP contribution in [0.15, 0.2) is 85.1 Å². The molecule has 0 radical (unpaired) electrons. The number of unbranched alkanes of at least 4 members (excludes halogenated alkanes) is 25. The van der Waals surface area contributed by atoms with Gasteiger partial charge in [0.2, 0.25) is 0 Å². The van der Waals surface area contributed by atoms with Crippen LogP contribution < -0.4 is 0 Å². The molecule has 0 saturated carbocycles. The molecule has 0 amide bonds. The minimum absolute atomic E-state index is 0.0541. The third-order valence-corrected chi connectivity index (χ3v) is 13.9. The Morgan fingerprint density at radius 3 is 1.30 bits per heavy atom. The van der Waals surface area contributed by atoms with Gasteiger partial charge in [-0.3, -0.25) is 14.4 Å². The van der Waals surface area contributed by atoms with Gasteiger partial charge in [0.25, 0.3) is 0 Å². The zero-order valence-electron chi connectivity index (χ0n) is 49.8. The number of rotatable bonds is 53. The van der Waals surface area contributed by atoms with E-state index >= 15 is 0 Å². The summed E-state index contributed by atoms with van der Waals surface area (Å²) in [6.45, 7) is 5.78. The van der Waals surface area contributed by atoms with E-state index in [9.17, 15) is 34.5 Å². The van der Waals surface area contributed by atoms with Gasteiger partial charge in [-0.1, -0.05) is 247 Å². The van der Waals surface area contributed by atoms with Gasteiger partial charge in [0.05, 0.1) is 6.61 Å². The van der Waals surface area contributed by atoms with Crippen LogP contribution in [0, 0.1) is 0 Å². The minimum Gasteiger partial charge on any atom is -0.479 e. The van der Waals surface area contributed by atoms with E-state index < -0.39 is 67.3 Å². The largest absolute Gasteiger partial charge is 0.479 e. The van der Waals surface area contributed by atoms with E-state index in [4.69, 9.17) is 23.7 Å². The summed E-state index contributed by atoms with van der Waals surface area (Å²) in [7, 11) is 0. The number of aliphatic hydroxyl groups is 2. The molecule has 0 spiro atoms. The number of aliphatic carboxylic acids is 1. The number of aliphatic hydroxyl groups excluding tert-OH is 2. The van der Waals surface area contributed by atoms with Crippen LogP contribution in [0.5, 0.6) is 0 Å². The van der Waals surface area contributed by atoms with E-state index in [2.05, 4.69) is 99.8 Å². The number of carboxylic acid groups (broad SMARTS) is 1. The van der Waals surface area contributed by atoms with Crippen LogP contribution in [0.25, 0.3) is 0 Å². The normalized spacial score (nSPS) is 18.4. The van der Waals surface area contributed by atoms with Gasteiger partial charge >= 0.3 is 23.9 Å². The van der Waals surface area contributed by atoms with Gasteiger partial charge in [-0.15, -0.1) is 0 Å². The van der Waals surface area contributed by atoms with Crippen LogP contribution in [0.3, 0.4) is 0 Å². The molecular formula is C67H112O12. The van der Waals surface area contributed by atoms with Crippen molar-refractivity contribution < 1.29 is 58.2 Å². The standard InChI is InChI=1S/C67H112O12/c1-4-7-10-13-16-19-22-25-27-29-30-32-34-37-40-43-46-49-52-55-61(70)78-65-63(72)62(71)64(66(73)74)79-67(65)76-57-58(77-60(69)54-51-48-45-42-39-35-24-21-18-15-12-9-6-3)56-75-59(68)53-50-47-44-41-38-36-33-31-28-26-23-20-17-14-11-8-5-2/h8,11-12,15,17,20-21,24,26,28,33,36,41,44,58,62-65,67,71-72H,4-7,9-10,13-14,16,18-19,22-23,25,27,29-32,34-35,37-40,42-43,45-57H2,1-3H3,(H,73,74)/b11-8-,15-12-,20-17-,24-21-,28-26-,36-33-,44-41-.